The Labute approximate surface area is 107 Å². The van der Waals surface area contributed by atoms with Crippen molar-refractivity contribution >= 4 is 17.3 Å². The number of carbonyl (C=O) groups is 1. The van der Waals surface area contributed by atoms with Gasteiger partial charge in [0.1, 0.15) is 5.82 Å². The summed E-state index contributed by atoms with van der Waals surface area (Å²) < 4.78 is 13.7. The van der Waals surface area contributed by atoms with Crippen LogP contribution in [0.1, 0.15) is 37.0 Å². The molecule has 0 atom stereocenters. The van der Waals surface area contributed by atoms with E-state index < -0.39 is 11.7 Å². The molecule has 0 aromatic heterocycles. The number of nitrogens with one attached hydrogen (secondary N) is 1. The quantitative estimate of drug-likeness (QED) is 0.681. The molecule has 5 N–H and O–H groups in total. The van der Waals surface area contributed by atoms with Crippen LogP contribution >= 0.6 is 0 Å². The molecular weight excluding hydrogens is 233 g/mol. The zero-order valence-corrected chi connectivity index (χ0v) is 10.8. The fraction of sp³-hybridized carbons (Fsp3) is 0.462. The van der Waals surface area contributed by atoms with Crippen LogP contribution in [0.3, 0.4) is 0 Å². The Kier molecular flexibility index (Phi) is 4.95. The van der Waals surface area contributed by atoms with Crippen molar-refractivity contribution in [2.45, 2.75) is 26.7 Å². The Morgan fingerprint density at radius 1 is 1.39 bits per heavy atom. The number of benzene rings is 1. The number of nitrogens with two attached hydrogens (primary N) is 2. The molecule has 0 saturated carbocycles. The largest absolute Gasteiger partial charge is 0.398 e. The van der Waals surface area contributed by atoms with Gasteiger partial charge in [0.25, 0.3) is 5.91 Å². The zero-order chi connectivity index (χ0) is 13.7. The summed E-state index contributed by atoms with van der Waals surface area (Å²) in [7, 11) is 0. The number of amides is 1. The summed E-state index contributed by atoms with van der Waals surface area (Å²) >= 11 is 0. The van der Waals surface area contributed by atoms with Gasteiger partial charge in [0.2, 0.25) is 0 Å². The molecule has 1 aromatic carbocycles. The highest BCUT2D eigenvalue weighted by Crippen LogP contribution is 2.22. The van der Waals surface area contributed by atoms with Gasteiger partial charge in [-0.05, 0) is 18.1 Å². The van der Waals surface area contributed by atoms with Gasteiger partial charge in [-0.15, -0.1) is 0 Å². The number of primary amides is 1. The number of carbonyl (C=O) groups excluding carboxylic acids is 1. The van der Waals surface area contributed by atoms with E-state index in [0.29, 0.717) is 12.5 Å². The van der Waals surface area contributed by atoms with E-state index in [1.54, 1.807) is 0 Å². The SMILES string of the molecule is CCC(CC)CNc1cc(C(N)=O)c(N)cc1F. The molecule has 0 aliphatic rings. The Balaban J connectivity index is 2.88. The standard InChI is InChI=1S/C13H20FN3O/c1-3-8(4-2)7-17-12-5-9(13(16)18)11(15)6-10(12)14/h5-6,8,17H,3-4,7,15H2,1-2H3,(H2,16,18). The number of anilines is 2. The molecule has 0 aliphatic heterocycles. The summed E-state index contributed by atoms with van der Waals surface area (Å²) in [6, 6.07) is 2.49. The summed E-state index contributed by atoms with van der Waals surface area (Å²) in [5.41, 5.74) is 11.2. The van der Waals surface area contributed by atoms with Gasteiger partial charge in [-0.3, -0.25) is 4.79 Å². The lowest BCUT2D eigenvalue weighted by Crippen LogP contribution is -2.17. The molecule has 18 heavy (non-hydrogen) atoms. The first kappa shape index (κ1) is 14.3. The van der Waals surface area contributed by atoms with E-state index in [9.17, 15) is 9.18 Å². The van der Waals surface area contributed by atoms with Crippen molar-refractivity contribution in [1.82, 2.24) is 0 Å². The maximum Gasteiger partial charge on any atom is 0.250 e. The fourth-order valence-electron chi connectivity index (χ4n) is 1.77. The third kappa shape index (κ3) is 3.35. The van der Waals surface area contributed by atoms with Gasteiger partial charge in [0.05, 0.1) is 11.3 Å². The Bertz CT molecular complexity index is 430. The minimum atomic E-state index is -0.655. The van der Waals surface area contributed by atoms with Crippen molar-refractivity contribution in [3.63, 3.8) is 0 Å². The molecule has 0 bridgehead atoms. The van der Waals surface area contributed by atoms with Crippen molar-refractivity contribution in [2.75, 3.05) is 17.6 Å². The number of rotatable bonds is 6. The average molecular weight is 253 g/mol. The summed E-state index contributed by atoms with van der Waals surface area (Å²) in [5, 5.41) is 3.00. The molecule has 0 fully saturated rings. The van der Waals surface area contributed by atoms with E-state index in [2.05, 4.69) is 19.2 Å². The third-order valence-electron chi connectivity index (χ3n) is 3.14. The maximum absolute atomic E-state index is 13.7. The van der Waals surface area contributed by atoms with Crippen LogP contribution < -0.4 is 16.8 Å². The average Bonchev–Trinajstić information content (AvgIpc) is 2.32. The second kappa shape index (κ2) is 6.23. The molecule has 1 rings (SSSR count). The van der Waals surface area contributed by atoms with E-state index in [1.807, 2.05) is 0 Å². The topological polar surface area (TPSA) is 81.1 Å². The molecule has 0 spiro atoms. The van der Waals surface area contributed by atoms with Crippen LogP contribution in [0.2, 0.25) is 0 Å². The molecule has 5 heteroatoms. The highest BCUT2D eigenvalue weighted by atomic mass is 19.1. The van der Waals surface area contributed by atoms with Gasteiger partial charge in [-0.25, -0.2) is 4.39 Å². The van der Waals surface area contributed by atoms with E-state index in [4.69, 9.17) is 11.5 Å². The predicted molar refractivity (Wildman–Crippen MR) is 71.9 cm³/mol. The Morgan fingerprint density at radius 3 is 2.50 bits per heavy atom. The first-order valence-corrected chi connectivity index (χ1v) is 6.12. The molecular formula is C13H20FN3O. The molecule has 4 nitrogen and oxygen atoms in total. The molecule has 0 unspecified atom stereocenters. The lowest BCUT2D eigenvalue weighted by Gasteiger charge is -2.15. The highest BCUT2D eigenvalue weighted by molar-refractivity contribution is 5.99. The van der Waals surface area contributed by atoms with Gasteiger partial charge in [0, 0.05) is 12.2 Å². The van der Waals surface area contributed by atoms with Crippen LogP contribution in [0.5, 0.6) is 0 Å². The summed E-state index contributed by atoms with van der Waals surface area (Å²) in [6.45, 7) is 4.83. The maximum atomic E-state index is 13.7. The van der Waals surface area contributed by atoms with Crippen molar-refractivity contribution < 1.29 is 9.18 Å². The van der Waals surface area contributed by atoms with Gasteiger partial charge in [0.15, 0.2) is 0 Å². The number of halogens is 1. The summed E-state index contributed by atoms with van der Waals surface area (Å²) in [5.74, 6) is -0.652. The van der Waals surface area contributed by atoms with Crippen LogP contribution in [0.4, 0.5) is 15.8 Å². The van der Waals surface area contributed by atoms with Crippen LogP contribution in [0.15, 0.2) is 12.1 Å². The number of hydrogen-bond donors (Lipinski definition) is 3. The van der Waals surface area contributed by atoms with E-state index in [0.717, 1.165) is 18.9 Å². The normalized spacial score (nSPS) is 10.7. The molecule has 0 saturated heterocycles. The fourth-order valence-corrected chi connectivity index (χ4v) is 1.77. The molecule has 0 heterocycles. The molecule has 0 aliphatic carbocycles. The first-order valence-electron chi connectivity index (χ1n) is 6.12. The van der Waals surface area contributed by atoms with Gasteiger partial charge >= 0.3 is 0 Å². The van der Waals surface area contributed by atoms with E-state index >= 15 is 0 Å². The second-order valence-corrected chi connectivity index (χ2v) is 4.35. The summed E-state index contributed by atoms with van der Waals surface area (Å²) in [4.78, 5) is 11.1. The van der Waals surface area contributed by atoms with E-state index in [1.165, 1.54) is 6.07 Å². The highest BCUT2D eigenvalue weighted by Gasteiger charge is 2.12. The van der Waals surface area contributed by atoms with Crippen molar-refractivity contribution in [2.24, 2.45) is 11.7 Å². The second-order valence-electron chi connectivity index (χ2n) is 4.35. The Hall–Kier alpha value is -1.78. The number of hydrogen-bond acceptors (Lipinski definition) is 3. The lowest BCUT2D eigenvalue weighted by atomic mass is 10.0. The minimum Gasteiger partial charge on any atom is -0.398 e. The van der Waals surface area contributed by atoms with Crippen molar-refractivity contribution in [3.05, 3.63) is 23.5 Å². The predicted octanol–water partition coefficient (Wildman–Crippen LogP) is 2.35. The van der Waals surface area contributed by atoms with Gasteiger partial charge in [-0.1, -0.05) is 26.7 Å². The van der Waals surface area contributed by atoms with E-state index in [-0.39, 0.29) is 16.9 Å². The molecule has 1 amide bonds. The van der Waals surface area contributed by atoms with Crippen molar-refractivity contribution in [1.29, 1.82) is 0 Å². The Morgan fingerprint density at radius 2 is 2.00 bits per heavy atom. The van der Waals surface area contributed by atoms with Gasteiger partial charge in [-0.2, -0.15) is 0 Å². The van der Waals surface area contributed by atoms with Crippen LogP contribution in [-0.2, 0) is 0 Å². The van der Waals surface area contributed by atoms with Crippen LogP contribution in [0, 0.1) is 11.7 Å². The monoisotopic (exact) mass is 253 g/mol. The third-order valence-corrected chi connectivity index (χ3v) is 3.14. The smallest absolute Gasteiger partial charge is 0.250 e. The first-order chi connectivity index (χ1) is 8.49. The van der Waals surface area contributed by atoms with Crippen LogP contribution in [0.25, 0.3) is 0 Å². The van der Waals surface area contributed by atoms with Crippen molar-refractivity contribution in [3.8, 4) is 0 Å². The van der Waals surface area contributed by atoms with Crippen LogP contribution in [-0.4, -0.2) is 12.5 Å². The summed E-state index contributed by atoms with van der Waals surface area (Å²) in [6.07, 6.45) is 2.03. The molecule has 100 valence electrons. The number of nitrogen functional groups attached to an aromatic ring is 1. The minimum absolute atomic E-state index is 0.0630. The van der Waals surface area contributed by atoms with Gasteiger partial charge < -0.3 is 16.8 Å². The molecule has 0 radical (unpaired) electrons. The lowest BCUT2D eigenvalue weighted by molar-refractivity contribution is 0.100. The zero-order valence-electron chi connectivity index (χ0n) is 10.8. The molecule has 1 aromatic rings.